The Balaban J connectivity index is 2.06. The lowest BCUT2D eigenvalue weighted by Gasteiger charge is -2.13. The standard InChI is InChI=1S/C24H25NO6S/c1-6-31-16-12-10-15(11-13-16)19-14(2)32-23(21(19)24(27)30-5)25-22(26)20-17(28-3)8-7-9-18(20)29-4/h7-13H,6H2,1-5H3,(H,25,26). The third-order valence-electron chi connectivity index (χ3n) is 4.81. The van der Waals surface area contributed by atoms with Gasteiger partial charge < -0.3 is 24.3 Å². The van der Waals surface area contributed by atoms with E-state index >= 15 is 0 Å². The minimum absolute atomic E-state index is 0.238. The first kappa shape index (κ1) is 23.1. The first-order chi connectivity index (χ1) is 15.4. The Hall–Kier alpha value is -3.52. The molecule has 0 aliphatic rings. The number of benzene rings is 2. The average molecular weight is 456 g/mol. The van der Waals surface area contributed by atoms with Crippen LogP contribution in [0, 0.1) is 6.92 Å². The van der Waals surface area contributed by atoms with Crippen molar-refractivity contribution in [3.8, 4) is 28.4 Å². The summed E-state index contributed by atoms with van der Waals surface area (Å²) in [5.41, 5.74) is 2.05. The minimum Gasteiger partial charge on any atom is -0.496 e. The molecule has 0 radical (unpaired) electrons. The number of hydrogen-bond acceptors (Lipinski definition) is 7. The van der Waals surface area contributed by atoms with Gasteiger partial charge in [-0.3, -0.25) is 4.79 Å². The summed E-state index contributed by atoms with van der Waals surface area (Å²) >= 11 is 1.30. The molecule has 1 amide bonds. The quantitative estimate of drug-likeness (QED) is 0.472. The highest BCUT2D eigenvalue weighted by Gasteiger charge is 2.27. The Morgan fingerprint density at radius 2 is 1.56 bits per heavy atom. The van der Waals surface area contributed by atoms with Crippen LogP contribution in [0.2, 0.25) is 0 Å². The number of carbonyl (C=O) groups excluding carboxylic acids is 2. The molecule has 0 fully saturated rings. The van der Waals surface area contributed by atoms with Crippen molar-refractivity contribution in [2.24, 2.45) is 0 Å². The van der Waals surface area contributed by atoms with E-state index in [2.05, 4.69) is 5.32 Å². The van der Waals surface area contributed by atoms with Crippen LogP contribution in [0.3, 0.4) is 0 Å². The normalized spacial score (nSPS) is 10.4. The van der Waals surface area contributed by atoms with E-state index in [-0.39, 0.29) is 5.56 Å². The topological polar surface area (TPSA) is 83.1 Å². The van der Waals surface area contributed by atoms with E-state index in [1.54, 1.807) is 18.2 Å². The number of ether oxygens (including phenoxy) is 4. The number of amides is 1. The molecule has 168 valence electrons. The predicted octanol–water partition coefficient (Wildman–Crippen LogP) is 5.18. The van der Waals surface area contributed by atoms with E-state index in [1.807, 2.05) is 38.1 Å². The lowest BCUT2D eigenvalue weighted by molar-refractivity contribution is 0.0603. The Morgan fingerprint density at radius 3 is 2.09 bits per heavy atom. The van der Waals surface area contributed by atoms with E-state index in [9.17, 15) is 9.59 Å². The molecule has 8 heteroatoms. The zero-order valence-electron chi connectivity index (χ0n) is 18.6. The number of rotatable bonds is 8. The Labute approximate surface area is 190 Å². The van der Waals surface area contributed by atoms with Gasteiger partial charge in [0.05, 0.1) is 27.9 Å². The second-order valence-corrected chi connectivity index (χ2v) is 7.90. The van der Waals surface area contributed by atoms with Gasteiger partial charge in [0.15, 0.2) is 0 Å². The molecule has 7 nitrogen and oxygen atoms in total. The number of aryl methyl sites for hydroxylation is 1. The minimum atomic E-state index is -0.541. The summed E-state index contributed by atoms with van der Waals surface area (Å²) in [6, 6.07) is 12.5. The van der Waals surface area contributed by atoms with Crippen molar-refractivity contribution >= 4 is 28.2 Å². The highest BCUT2D eigenvalue weighted by molar-refractivity contribution is 7.17. The van der Waals surface area contributed by atoms with E-state index in [1.165, 1.54) is 32.7 Å². The van der Waals surface area contributed by atoms with Gasteiger partial charge in [0.2, 0.25) is 0 Å². The molecule has 0 unspecified atom stereocenters. The van der Waals surface area contributed by atoms with Crippen LogP contribution in [0.4, 0.5) is 5.00 Å². The van der Waals surface area contributed by atoms with Gasteiger partial charge in [-0.2, -0.15) is 0 Å². The maximum atomic E-state index is 13.2. The first-order valence-electron chi connectivity index (χ1n) is 9.92. The maximum Gasteiger partial charge on any atom is 0.341 e. The number of anilines is 1. The van der Waals surface area contributed by atoms with Crippen LogP contribution >= 0.6 is 11.3 Å². The number of hydrogen-bond donors (Lipinski definition) is 1. The molecule has 3 aromatic rings. The first-order valence-corrected chi connectivity index (χ1v) is 10.7. The van der Waals surface area contributed by atoms with Crippen molar-refractivity contribution in [2.45, 2.75) is 13.8 Å². The molecule has 3 rings (SSSR count). The molecule has 1 aromatic heterocycles. The third kappa shape index (κ3) is 4.55. The second-order valence-electron chi connectivity index (χ2n) is 6.68. The third-order valence-corrected chi connectivity index (χ3v) is 5.83. The number of carbonyl (C=O) groups is 2. The van der Waals surface area contributed by atoms with Crippen molar-refractivity contribution in [3.63, 3.8) is 0 Å². The molecule has 0 atom stereocenters. The van der Waals surface area contributed by atoms with Crippen molar-refractivity contribution in [1.29, 1.82) is 0 Å². The van der Waals surface area contributed by atoms with Gasteiger partial charge in [0.25, 0.3) is 5.91 Å². The van der Waals surface area contributed by atoms with Crippen LogP contribution in [-0.4, -0.2) is 39.8 Å². The zero-order valence-corrected chi connectivity index (χ0v) is 19.4. The van der Waals surface area contributed by atoms with E-state index in [0.29, 0.717) is 34.2 Å². The average Bonchev–Trinajstić information content (AvgIpc) is 3.13. The van der Waals surface area contributed by atoms with Gasteiger partial charge in [-0.25, -0.2) is 4.79 Å². The number of nitrogens with one attached hydrogen (secondary N) is 1. The molecule has 0 saturated heterocycles. The molecule has 0 aliphatic heterocycles. The fourth-order valence-corrected chi connectivity index (χ4v) is 4.46. The summed E-state index contributed by atoms with van der Waals surface area (Å²) in [7, 11) is 4.27. The van der Waals surface area contributed by atoms with Gasteiger partial charge in [-0.1, -0.05) is 18.2 Å². The molecule has 0 bridgehead atoms. The fourth-order valence-electron chi connectivity index (χ4n) is 3.40. The summed E-state index contributed by atoms with van der Waals surface area (Å²) in [5.74, 6) is 0.466. The molecular formula is C24H25NO6S. The molecule has 0 spiro atoms. The van der Waals surface area contributed by atoms with E-state index < -0.39 is 11.9 Å². The highest BCUT2D eigenvalue weighted by Crippen LogP contribution is 2.41. The van der Waals surface area contributed by atoms with Gasteiger partial charge in [-0.05, 0) is 43.7 Å². The van der Waals surface area contributed by atoms with Crippen LogP contribution in [0.15, 0.2) is 42.5 Å². The molecule has 0 aliphatic carbocycles. The molecule has 1 heterocycles. The van der Waals surface area contributed by atoms with Crippen molar-refractivity contribution in [3.05, 3.63) is 58.5 Å². The number of thiophene rings is 1. The molecule has 1 N–H and O–H groups in total. The van der Waals surface area contributed by atoms with Crippen LogP contribution in [0.1, 0.15) is 32.5 Å². The second kappa shape index (κ2) is 10.2. The van der Waals surface area contributed by atoms with Crippen LogP contribution in [-0.2, 0) is 4.74 Å². The number of methoxy groups -OCH3 is 3. The van der Waals surface area contributed by atoms with Gasteiger partial charge >= 0.3 is 5.97 Å². The molecule has 32 heavy (non-hydrogen) atoms. The van der Waals surface area contributed by atoms with Crippen molar-refractivity contribution < 1.29 is 28.5 Å². The smallest absolute Gasteiger partial charge is 0.341 e. The summed E-state index contributed by atoms with van der Waals surface area (Å²) < 4.78 is 21.2. The zero-order chi connectivity index (χ0) is 23.3. The SMILES string of the molecule is CCOc1ccc(-c2c(C)sc(NC(=O)c3c(OC)cccc3OC)c2C(=O)OC)cc1. The monoisotopic (exact) mass is 455 g/mol. The van der Waals surface area contributed by atoms with Crippen LogP contribution < -0.4 is 19.5 Å². The lowest BCUT2D eigenvalue weighted by Crippen LogP contribution is -2.16. The molecule has 0 saturated carbocycles. The summed E-state index contributed by atoms with van der Waals surface area (Å²) in [4.78, 5) is 26.8. The molecule has 2 aromatic carbocycles. The Morgan fingerprint density at radius 1 is 0.938 bits per heavy atom. The summed E-state index contributed by atoms with van der Waals surface area (Å²) in [6.07, 6.45) is 0. The highest BCUT2D eigenvalue weighted by atomic mass is 32.1. The fraction of sp³-hybridized carbons (Fsp3) is 0.250. The maximum absolute atomic E-state index is 13.2. The van der Waals surface area contributed by atoms with Gasteiger partial charge in [0, 0.05) is 10.4 Å². The van der Waals surface area contributed by atoms with Gasteiger partial charge in [0.1, 0.15) is 33.4 Å². The largest absolute Gasteiger partial charge is 0.496 e. The van der Waals surface area contributed by atoms with Crippen molar-refractivity contribution in [2.75, 3.05) is 33.3 Å². The Kier molecular flexibility index (Phi) is 7.37. The van der Waals surface area contributed by atoms with Gasteiger partial charge in [-0.15, -0.1) is 11.3 Å². The van der Waals surface area contributed by atoms with Crippen molar-refractivity contribution in [1.82, 2.24) is 0 Å². The summed E-state index contributed by atoms with van der Waals surface area (Å²) in [5, 5.41) is 3.23. The molecular weight excluding hydrogens is 430 g/mol. The lowest BCUT2D eigenvalue weighted by atomic mass is 10.0. The van der Waals surface area contributed by atoms with E-state index in [4.69, 9.17) is 18.9 Å². The van der Waals surface area contributed by atoms with Crippen LogP contribution in [0.5, 0.6) is 17.2 Å². The predicted molar refractivity (Wildman–Crippen MR) is 124 cm³/mol. The Bertz CT molecular complexity index is 1100. The van der Waals surface area contributed by atoms with E-state index in [0.717, 1.165) is 16.2 Å². The number of esters is 1. The summed E-state index contributed by atoms with van der Waals surface area (Å²) in [6.45, 7) is 4.37. The van der Waals surface area contributed by atoms with Crippen LogP contribution in [0.25, 0.3) is 11.1 Å².